The van der Waals surface area contributed by atoms with Gasteiger partial charge < -0.3 is 19.7 Å². The Hall–Kier alpha value is -1.49. The minimum atomic E-state index is 0.579. The van der Waals surface area contributed by atoms with Crippen molar-refractivity contribution in [2.45, 2.75) is 65.0 Å². The number of ether oxygens (including phenoxy) is 2. The van der Waals surface area contributed by atoms with Crippen molar-refractivity contribution in [1.82, 2.24) is 10.2 Å². The molecule has 27 heavy (non-hydrogen) atoms. The third-order valence-electron chi connectivity index (χ3n) is 5.89. The van der Waals surface area contributed by atoms with Crippen LogP contribution in [-0.4, -0.2) is 36.3 Å². The van der Waals surface area contributed by atoms with E-state index in [-0.39, 0.29) is 0 Å². The average molecular weight is 391 g/mol. The zero-order valence-corrected chi connectivity index (χ0v) is 17.8. The van der Waals surface area contributed by atoms with Crippen LogP contribution in [0, 0.1) is 11.8 Å². The van der Waals surface area contributed by atoms with E-state index in [4.69, 9.17) is 21.7 Å². The van der Waals surface area contributed by atoms with Gasteiger partial charge in [0.15, 0.2) is 16.6 Å². The Bertz CT molecular complexity index is 637. The van der Waals surface area contributed by atoms with Gasteiger partial charge in [0, 0.05) is 19.1 Å². The first kappa shape index (κ1) is 20.2. The Labute approximate surface area is 169 Å². The zero-order chi connectivity index (χ0) is 19.2. The first-order valence-electron chi connectivity index (χ1n) is 10.5. The van der Waals surface area contributed by atoms with Crippen molar-refractivity contribution < 1.29 is 9.47 Å². The summed E-state index contributed by atoms with van der Waals surface area (Å²) in [6, 6.07) is 6.79. The third kappa shape index (κ3) is 5.07. The number of hydrogen-bond donors (Lipinski definition) is 1. The second-order valence-corrected chi connectivity index (χ2v) is 8.37. The van der Waals surface area contributed by atoms with Crippen molar-refractivity contribution in [3.63, 3.8) is 0 Å². The van der Waals surface area contributed by atoms with Crippen molar-refractivity contribution >= 4 is 17.3 Å². The SMILES string of the molecule is CCCOc1ccc(CN(CCC)C(=S)N[C@@H]2C[C@H]3CC[C@@H]2C3)cc1OC. The lowest BCUT2D eigenvalue weighted by Gasteiger charge is -2.31. The molecule has 0 unspecified atom stereocenters. The molecule has 3 atom stereocenters. The summed E-state index contributed by atoms with van der Waals surface area (Å²) in [5.74, 6) is 3.36. The molecule has 2 aliphatic rings. The number of hydrogen-bond acceptors (Lipinski definition) is 3. The molecule has 1 N–H and O–H groups in total. The standard InChI is InChI=1S/C22H34N2O2S/c1-4-10-24(22(27)23-19-13-16-6-8-18(19)12-16)15-17-7-9-20(26-11-5-2)21(14-17)25-3/h7,9,14,16,18-19H,4-6,8,10-13,15H2,1-3H3,(H,23,27)/t16-,18+,19+/m0/s1. The zero-order valence-electron chi connectivity index (χ0n) is 17.0. The number of fused-ring (bicyclic) bond motifs is 2. The molecule has 0 amide bonds. The molecule has 0 radical (unpaired) electrons. The van der Waals surface area contributed by atoms with E-state index < -0.39 is 0 Å². The van der Waals surface area contributed by atoms with Gasteiger partial charge in [-0.25, -0.2) is 0 Å². The Morgan fingerprint density at radius 2 is 2.04 bits per heavy atom. The van der Waals surface area contributed by atoms with Crippen LogP contribution in [0.1, 0.15) is 57.9 Å². The number of thiocarbonyl (C=S) groups is 1. The molecule has 2 aliphatic carbocycles. The van der Waals surface area contributed by atoms with E-state index in [0.717, 1.165) is 54.4 Å². The van der Waals surface area contributed by atoms with Gasteiger partial charge in [0.05, 0.1) is 13.7 Å². The normalized spacial score (nSPS) is 23.3. The number of methoxy groups -OCH3 is 1. The maximum atomic E-state index is 5.80. The molecule has 3 rings (SSSR count). The van der Waals surface area contributed by atoms with E-state index in [9.17, 15) is 0 Å². The van der Waals surface area contributed by atoms with Crippen LogP contribution >= 0.6 is 12.2 Å². The molecule has 0 saturated heterocycles. The first-order valence-corrected chi connectivity index (χ1v) is 10.9. The molecule has 5 heteroatoms. The van der Waals surface area contributed by atoms with Gasteiger partial charge in [-0.2, -0.15) is 0 Å². The molecule has 0 aliphatic heterocycles. The quantitative estimate of drug-likeness (QED) is 0.615. The van der Waals surface area contributed by atoms with Crippen molar-refractivity contribution in [3.8, 4) is 11.5 Å². The molecule has 0 heterocycles. The van der Waals surface area contributed by atoms with Crippen LogP contribution in [-0.2, 0) is 6.54 Å². The van der Waals surface area contributed by atoms with Gasteiger partial charge in [0.25, 0.3) is 0 Å². The van der Waals surface area contributed by atoms with Gasteiger partial charge in [-0.05, 0) is 73.9 Å². The summed E-state index contributed by atoms with van der Waals surface area (Å²) in [5, 5.41) is 4.59. The minimum Gasteiger partial charge on any atom is -0.493 e. The summed E-state index contributed by atoms with van der Waals surface area (Å²) < 4.78 is 11.3. The lowest BCUT2D eigenvalue weighted by Crippen LogP contribution is -2.46. The fraction of sp³-hybridized carbons (Fsp3) is 0.682. The maximum absolute atomic E-state index is 5.80. The lowest BCUT2D eigenvalue weighted by molar-refractivity contribution is 0.293. The van der Waals surface area contributed by atoms with E-state index >= 15 is 0 Å². The third-order valence-corrected chi connectivity index (χ3v) is 6.27. The fourth-order valence-electron chi connectivity index (χ4n) is 4.56. The molecule has 1 aromatic carbocycles. The second kappa shape index (κ2) is 9.63. The Balaban J connectivity index is 1.63. The fourth-order valence-corrected chi connectivity index (χ4v) is 4.86. The van der Waals surface area contributed by atoms with Crippen LogP contribution in [0.3, 0.4) is 0 Å². The number of nitrogens with one attached hydrogen (secondary N) is 1. The highest BCUT2D eigenvalue weighted by Crippen LogP contribution is 2.44. The molecule has 1 aromatic rings. The van der Waals surface area contributed by atoms with E-state index in [0.29, 0.717) is 12.6 Å². The smallest absolute Gasteiger partial charge is 0.169 e. The van der Waals surface area contributed by atoms with Crippen LogP contribution in [0.25, 0.3) is 0 Å². The molecular weight excluding hydrogens is 356 g/mol. The highest BCUT2D eigenvalue weighted by molar-refractivity contribution is 7.80. The first-order chi connectivity index (χ1) is 13.1. The Morgan fingerprint density at radius 3 is 2.67 bits per heavy atom. The van der Waals surface area contributed by atoms with E-state index in [2.05, 4.69) is 36.2 Å². The minimum absolute atomic E-state index is 0.579. The molecular formula is C22H34N2O2S. The average Bonchev–Trinajstić information content (AvgIpc) is 3.29. The summed E-state index contributed by atoms with van der Waals surface area (Å²) in [4.78, 5) is 2.29. The molecule has 4 nitrogen and oxygen atoms in total. The van der Waals surface area contributed by atoms with Crippen molar-refractivity contribution in [3.05, 3.63) is 23.8 Å². The molecule has 2 bridgehead atoms. The van der Waals surface area contributed by atoms with Crippen LogP contribution in [0.2, 0.25) is 0 Å². The summed E-state index contributed by atoms with van der Waals surface area (Å²) >= 11 is 5.80. The van der Waals surface area contributed by atoms with E-state index in [1.807, 2.05) is 6.07 Å². The predicted molar refractivity (Wildman–Crippen MR) is 114 cm³/mol. The van der Waals surface area contributed by atoms with Gasteiger partial charge in [0.2, 0.25) is 0 Å². The predicted octanol–water partition coefficient (Wildman–Crippen LogP) is 4.76. The molecule has 2 fully saturated rings. The molecule has 0 spiro atoms. The van der Waals surface area contributed by atoms with Crippen LogP contribution < -0.4 is 14.8 Å². The Morgan fingerprint density at radius 1 is 1.19 bits per heavy atom. The monoisotopic (exact) mass is 390 g/mol. The van der Waals surface area contributed by atoms with Crippen molar-refractivity contribution in [2.75, 3.05) is 20.3 Å². The molecule has 150 valence electrons. The molecule has 2 saturated carbocycles. The highest BCUT2D eigenvalue weighted by atomic mass is 32.1. The van der Waals surface area contributed by atoms with Crippen LogP contribution in [0.4, 0.5) is 0 Å². The summed E-state index contributed by atoms with van der Waals surface area (Å²) in [7, 11) is 1.70. The van der Waals surface area contributed by atoms with Gasteiger partial charge in [-0.15, -0.1) is 0 Å². The summed E-state index contributed by atoms with van der Waals surface area (Å²) in [6.45, 7) is 6.77. The maximum Gasteiger partial charge on any atom is 0.169 e. The largest absolute Gasteiger partial charge is 0.493 e. The highest BCUT2D eigenvalue weighted by Gasteiger charge is 2.40. The summed E-state index contributed by atoms with van der Waals surface area (Å²) in [5.41, 5.74) is 1.20. The number of rotatable bonds is 9. The van der Waals surface area contributed by atoms with Gasteiger partial charge in [-0.3, -0.25) is 0 Å². The van der Waals surface area contributed by atoms with Gasteiger partial charge in [-0.1, -0.05) is 26.3 Å². The van der Waals surface area contributed by atoms with E-state index in [1.165, 1.54) is 31.2 Å². The van der Waals surface area contributed by atoms with Gasteiger partial charge >= 0.3 is 0 Å². The number of benzene rings is 1. The second-order valence-electron chi connectivity index (χ2n) is 7.99. The van der Waals surface area contributed by atoms with Crippen molar-refractivity contribution in [2.24, 2.45) is 11.8 Å². The Kier molecular flexibility index (Phi) is 7.22. The number of nitrogens with zero attached hydrogens (tertiary/aromatic N) is 1. The topological polar surface area (TPSA) is 33.7 Å². The van der Waals surface area contributed by atoms with Crippen molar-refractivity contribution in [1.29, 1.82) is 0 Å². The van der Waals surface area contributed by atoms with Gasteiger partial charge in [0.1, 0.15) is 0 Å². The summed E-state index contributed by atoms with van der Waals surface area (Å²) in [6.07, 6.45) is 7.54. The molecule has 0 aromatic heterocycles. The van der Waals surface area contributed by atoms with Crippen LogP contribution in [0.15, 0.2) is 18.2 Å². The lowest BCUT2D eigenvalue weighted by atomic mass is 9.95. The van der Waals surface area contributed by atoms with Crippen LogP contribution in [0.5, 0.6) is 11.5 Å². The van der Waals surface area contributed by atoms with E-state index in [1.54, 1.807) is 7.11 Å².